The van der Waals surface area contributed by atoms with E-state index in [1.807, 2.05) is 30.4 Å². The fourth-order valence-electron chi connectivity index (χ4n) is 9.59. The highest BCUT2D eigenvalue weighted by Gasteiger charge is 2.62. The third kappa shape index (κ3) is 8.18. The summed E-state index contributed by atoms with van der Waals surface area (Å²) < 4.78 is 35.4. The number of fused-ring (bicyclic) bond motifs is 2. The molecule has 5 heterocycles. The number of aromatic nitrogens is 1. The molecule has 4 aromatic rings. The minimum atomic E-state index is -4.32. The van der Waals surface area contributed by atoms with Crippen LogP contribution in [-0.2, 0) is 42.2 Å². The number of ether oxygens (including phenoxy) is 1. The van der Waals surface area contributed by atoms with Gasteiger partial charge in [-0.3, -0.25) is 24.3 Å². The van der Waals surface area contributed by atoms with Gasteiger partial charge in [0.05, 0.1) is 10.6 Å². The number of carbonyl (C=O) groups is 4. The van der Waals surface area contributed by atoms with Crippen LogP contribution >= 0.6 is 11.3 Å². The van der Waals surface area contributed by atoms with Gasteiger partial charge >= 0.3 is 6.09 Å². The number of allylic oxidation sites excluding steroid dienone is 1. The van der Waals surface area contributed by atoms with Gasteiger partial charge in [0.15, 0.2) is 0 Å². The number of pyridine rings is 1. The Kier molecular flexibility index (Phi) is 11.2. The number of sulfonamides is 1. The Labute approximate surface area is 354 Å². The summed E-state index contributed by atoms with van der Waals surface area (Å²) in [7, 11) is -4.32. The van der Waals surface area contributed by atoms with Gasteiger partial charge in [0.25, 0.3) is 15.9 Å². The summed E-state index contributed by atoms with van der Waals surface area (Å²) in [6.07, 6.45) is 12.1. The van der Waals surface area contributed by atoms with Gasteiger partial charge in [0.2, 0.25) is 11.8 Å². The van der Waals surface area contributed by atoms with Crippen LogP contribution in [-0.4, -0.2) is 83.3 Å². The van der Waals surface area contributed by atoms with E-state index in [1.165, 1.54) is 28.0 Å². The summed E-state index contributed by atoms with van der Waals surface area (Å²) in [6.45, 7) is 1.50. The van der Waals surface area contributed by atoms with Gasteiger partial charge in [0, 0.05) is 37.8 Å². The van der Waals surface area contributed by atoms with Crippen molar-refractivity contribution < 1.29 is 32.3 Å². The fourth-order valence-corrected chi connectivity index (χ4v) is 11.9. The third-order valence-corrected chi connectivity index (χ3v) is 15.8. The van der Waals surface area contributed by atoms with Crippen LogP contribution in [0.1, 0.15) is 81.8 Å². The smallest absolute Gasteiger partial charge is 0.408 e. The fraction of sp³-hybridized carbons (Fsp3) is 0.444. The Balaban J connectivity index is 0.996. The Morgan fingerprint density at radius 2 is 1.67 bits per heavy atom. The number of carbonyl (C=O) groups excluding carboxylic acids is 4. The molecule has 2 aromatic heterocycles. The Hall–Kier alpha value is -5.12. The largest absolute Gasteiger partial charge is 0.446 e. The second kappa shape index (κ2) is 16.7. The molecule has 15 heteroatoms. The number of nitrogens with zero attached hydrogens (tertiary/aromatic N) is 3. The highest BCUT2D eigenvalue weighted by Crippen LogP contribution is 2.46. The van der Waals surface area contributed by atoms with Crippen molar-refractivity contribution in [3.05, 3.63) is 96.2 Å². The first kappa shape index (κ1) is 40.3. The molecule has 2 aliphatic carbocycles. The summed E-state index contributed by atoms with van der Waals surface area (Å²) in [6, 6.07) is 18.9. The Morgan fingerprint density at radius 1 is 0.900 bits per heavy atom. The van der Waals surface area contributed by atoms with Crippen LogP contribution < -0.4 is 15.4 Å². The number of benzene rings is 2. The van der Waals surface area contributed by atoms with Crippen molar-refractivity contribution in [1.29, 1.82) is 0 Å². The molecule has 1 saturated heterocycles. The van der Waals surface area contributed by atoms with Crippen LogP contribution in [0.15, 0.2) is 89.3 Å². The zero-order valence-electron chi connectivity index (χ0n) is 33.4. The first-order valence-corrected chi connectivity index (χ1v) is 23.5. The minimum absolute atomic E-state index is 0.0525. The van der Waals surface area contributed by atoms with Crippen LogP contribution in [0.5, 0.6) is 0 Å². The first-order valence-electron chi connectivity index (χ1n) is 21.2. The zero-order chi connectivity index (χ0) is 41.4. The molecule has 13 nitrogen and oxygen atoms in total. The predicted octanol–water partition coefficient (Wildman–Crippen LogP) is 6.19. The van der Waals surface area contributed by atoms with Crippen molar-refractivity contribution in [3.8, 4) is 10.6 Å². The topological polar surface area (TPSA) is 167 Å². The quantitative estimate of drug-likeness (QED) is 0.184. The molecule has 5 aliphatic rings. The lowest BCUT2D eigenvalue weighted by atomic mass is 9.94. The molecule has 60 heavy (non-hydrogen) atoms. The molecule has 2 aromatic carbocycles. The number of hydrogen-bond donors (Lipinski definition) is 3. The van der Waals surface area contributed by atoms with Gasteiger partial charge in [-0.05, 0) is 104 Å². The van der Waals surface area contributed by atoms with Crippen LogP contribution in [0.2, 0.25) is 0 Å². The zero-order valence-corrected chi connectivity index (χ0v) is 35.0. The average Bonchev–Trinajstić information content (AvgIpc) is 3.73. The van der Waals surface area contributed by atoms with Crippen molar-refractivity contribution in [1.82, 2.24) is 30.1 Å². The summed E-state index contributed by atoms with van der Waals surface area (Å²) in [5.41, 5.74) is 1.41. The molecule has 0 spiro atoms. The van der Waals surface area contributed by atoms with Gasteiger partial charge in [0.1, 0.15) is 27.9 Å². The van der Waals surface area contributed by atoms with Gasteiger partial charge in [-0.1, -0.05) is 67.5 Å². The van der Waals surface area contributed by atoms with Crippen LogP contribution in [0.4, 0.5) is 4.79 Å². The molecular weight excluding hydrogens is 801 g/mol. The number of nitrogens with one attached hydrogen (secondary N) is 3. The Morgan fingerprint density at radius 3 is 2.42 bits per heavy atom. The monoisotopic (exact) mass is 850 g/mol. The molecule has 0 radical (unpaired) electrons. The molecule has 2 saturated carbocycles. The minimum Gasteiger partial charge on any atom is -0.446 e. The van der Waals surface area contributed by atoms with Gasteiger partial charge in [-0.15, -0.1) is 11.3 Å². The maximum Gasteiger partial charge on any atom is 0.408 e. The molecule has 3 N–H and O–H groups in total. The maximum atomic E-state index is 14.8. The summed E-state index contributed by atoms with van der Waals surface area (Å²) in [5, 5.41) is 8.28. The van der Waals surface area contributed by atoms with E-state index in [9.17, 15) is 27.6 Å². The highest BCUT2D eigenvalue weighted by atomic mass is 32.2. The van der Waals surface area contributed by atoms with E-state index in [-0.39, 0.29) is 41.6 Å². The van der Waals surface area contributed by atoms with Crippen molar-refractivity contribution in [2.24, 2.45) is 5.92 Å². The third-order valence-electron chi connectivity index (χ3n) is 12.9. The number of hydrogen-bond acceptors (Lipinski definition) is 10. The molecule has 5 atom stereocenters. The van der Waals surface area contributed by atoms with E-state index in [4.69, 9.17) is 4.74 Å². The second-order valence-electron chi connectivity index (χ2n) is 16.8. The van der Waals surface area contributed by atoms with E-state index in [0.717, 1.165) is 49.9 Å². The number of alkyl carbamates (subject to hydrolysis) is 1. The molecule has 3 aliphatic heterocycles. The van der Waals surface area contributed by atoms with E-state index >= 15 is 0 Å². The van der Waals surface area contributed by atoms with Gasteiger partial charge < -0.3 is 20.3 Å². The standard InChI is InChI=1S/C45H50N6O7S2/c52-41-37-24-33(50-26-30-14-10-12-29-13-11-15-31(27-50)40(29)30)28-51(37)42(53)36(47-44(55)58-34-17-6-7-18-34)20-5-3-1-2-4-16-32-25-45(32,48-41)43(54)49-60(56,57)39-22-21-38(59-39)35-19-8-9-23-46-35/h4,8-16,19,21-23,32-34,36-37H,1-3,5-7,17-18,20,24-28H2,(H,47,55)(H,48,52)(H,49,54)/b16-4+/t32?,33-,36?,37?,45?/m1/s1. The van der Waals surface area contributed by atoms with Crippen LogP contribution in [0.3, 0.4) is 0 Å². The predicted molar refractivity (Wildman–Crippen MR) is 227 cm³/mol. The highest BCUT2D eigenvalue weighted by molar-refractivity contribution is 7.92. The SMILES string of the molecule is O=C(NC1CCCCC/C=C/C2CC2(C(=O)NS(=O)(=O)c2ccc(-c3ccccn3)s2)NC(=O)C2C[C@@H](N3Cc4cccc5cccc(c45)C3)CN2C1=O)OC1CCCC1. The lowest BCUT2D eigenvalue weighted by Crippen LogP contribution is -2.58. The van der Waals surface area contributed by atoms with E-state index < -0.39 is 51.5 Å². The van der Waals surface area contributed by atoms with E-state index in [1.54, 1.807) is 29.3 Å². The second-order valence-corrected chi connectivity index (χ2v) is 19.8. The number of thiophene rings is 1. The van der Waals surface area contributed by atoms with Gasteiger partial charge in [-0.2, -0.15) is 0 Å². The molecular formula is C45H50N6O7S2. The normalized spacial score (nSPS) is 26.9. The summed E-state index contributed by atoms with van der Waals surface area (Å²) >= 11 is 0.999. The molecule has 4 amide bonds. The van der Waals surface area contributed by atoms with Crippen molar-refractivity contribution in [2.75, 3.05) is 6.54 Å². The van der Waals surface area contributed by atoms with Crippen molar-refractivity contribution in [2.45, 2.75) is 118 Å². The van der Waals surface area contributed by atoms with Crippen LogP contribution in [0, 0.1) is 5.92 Å². The molecule has 3 fully saturated rings. The lowest BCUT2D eigenvalue weighted by molar-refractivity contribution is -0.141. The molecule has 0 bridgehead atoms. The molecule has 9 rings (SSSR count). The van der Waals surface area contributed by atoms with Crippen LogP contribution in [0.25, 0.3) is 21.3 Å². The summed E-state index contributed by atoms with van der Waals surface area (Å²) in [4.78, 5) is 65.9. The van der Waals surface area contributed by atoms with Gasteiger partial charge in [-0.25, -0.2) is 17.9 Å². The number of rotatable bonds is 7. The molecule has 314 valence electrons. The summed E-state index contributed by atoms with van der Waals surface area (Å²) in [5.74, 6) is -2.19. The van der Waals surface area contributed by atoms with E-state index in [0.29, 0.717) is 42.9 Å². The Bertz CT molecular complexity index is 2390. The number of amides is 4. The van der Waals surface area contributed by atoms with Crippen molar-refractivity contribution >= 4 is 55.9 Å². The molecule has 4 unspecified atom stereocenters. The lowest BCUT2D eigenvalue weighted by Gasteiger charge is -2.34. The van der Waals surface area contributed by atoms with Crippen molar-refractivity contribution in [3.63, 3.8) is 0 Å². The maximum absolute atomic E-state index is 14.8. The first-order chi connectivity index (χ1) is 29.1. The average molecular weight is 851 g/mol. The van der Waals surface area contributed by atoms with E-state index in [2.05, 4.69) is 49.5 Å².